The Labute approximate surface area is 192 Å². The van der Waals surface area contributed by atoms with Gasteiger partial charge in [-0.2, -0.15) is 0 Å². The summed E-state index contributed by atoms with van der Waals surface area (Å²) in [6.45, 7) is 11.5. The third kappa shape index (κ3) is 6.86. The highest BCUT2D eigenvalue weighted by Crippen LogP contribution is 2.35. The van der Waals surface area contributed by atoms with Crippen molar-refractivity contribution in [3.8, 4) is 5.75 Å². The van der Waals surface area contributed by atoms with Gasteiger partial charge in [0.2, 0.25) is 0 Å². The largest absolute Gasteiger partial charge is 0.494 e. The van der Waals surface area contributed by atoms with E-state index in [4.69, 9.17) is 9.47 Å². The van der Waals surface area contributed by atoms with E-state index < -0.39 is 0 Å². The minimum absolute atomic E-state index is 0.591. The van der Waals surface area contributed by atoms with Gasteiger partial charge in [0, 0.05) is 17.1 Å². The first-order valence-electron chi connectivity index (χ1n) is 11.2. The van der Waals surface area contributed by atoms with Crippen LogP contribution in [0.15, 0.2) is 98.1 Å². The summed E-state index contributed by atoms with van der Waals surface area (Å²) in [6.07, 6.45) is 6.53. The molecule has 0 saturated carbocycles. The van der Waals surface area contributed by atoms with Gasteiger partial charge in [-0.15, -0.1) is 13.2 Å². The molecule has 0 aromatic heterocycles. The number of anilines is 3. The molecule has 3 heteroatoms. The number of ether oxygens (including phenoxy) is 2. The maximum atomic E-state index is 5.86. The summed E-state index contributed by atoms with van der Waals surface area (Å²) in [5.41, 5.74) is 5.83. The molecule has 3 nitrogen and oxygen atoms in total. The van der Waals surface area contributed by atoms with Gasteiger partial charge < -0.3 is 14.4 Å². The molecule has 3 aromatic carbocycles. The second kappa shape index (κ2) is 12.5. The second-order valence-corrected chi connectivity index (χ2v) is 7.72. The average Bonchev–Trinajstić information content (AvgIpc) is 2.83. The molecule has 0 heterocycles. The predicted octanol–water partition coefficient (Wildman–Crippen LogP) is 7.55. The molecular weight excluding hydrogens is 394 g/mol. The monoisotopic (exact) mass is 427 g/mol. The van der Waals surface area contributed by atoms with E-state index in [1.54, 1.807) is 6.08 Å². The van der Waals surface area contributed by atoms with Crippen LogP contribution in [0.5, 0.6) is 5.75 Å². The summed E-state index contributed by atoms with van der Waals surface area (Å²) < 4.78 is 11.4. The van der Waals surface area contributed by atoms with Crippen molar-refractivity contribution in [2.75, 3.05) is 24.7 Å². The highest BCUT2D eigenvalue weighted by Gasteiger charge is 2.12. The average molecular weight is 428 g/mol. The number of benzene rings is 3. The van der Waals surface area contributed by atoms with Gasteiger partial charge in [0.25, 0.3) is 0 Å². The molecular formula is C29H33NO2. The van der Waals surface area contributed by atoms with Crippen molar-refractivity contribution >= 4 is 17.1 Å². The molecule has 0 saturated heterocycles. The van der Waals surface area contributed by atoms with Crippen LogP contribution in [0.25, 0.3) is 0 Å². The predicted molar refractivity (Wildman–Crippen MR) is 136 cm³/mol. The maximum Gasteiger partial charge on any atom is 0.119 e. The van der Waals surface area contributed by atoms with E-state index in [9.17, 15) is 0 Å². The van der Waals surface area contributed by atoms with E-state index in [1.165, 1.54) is 11.1 Å². The zero-order chi connectivity index (χ0) is 22.6. The summed E-state index contributed by atoms with van der Waals surface area (Å²) in [5, 5.41) is 0. The molecule has 3 aromatic rings. The SMILES string of the molecule is C=CCCCOc1ccc(N(c2ccc(C)cc2)c2ccc(CCOCC=C)cc2)cc1. The molecule has 0 spiro atoms. The van der Waals surface area contributed by atoms with E-state index in [-0.39, 0.29) is 0 Å². The summed E-state index contributed by atoms with van der Waals surface area (Å²) in [5.74, 6) is 0.886. The lowest BCUT2D eigenvalue weighted by Gasteiger charge is -2.26. The van der Waals surface area contributed by atoms with Crippen LogP contribution in [0.3, 0.4) is 0 Å². The molecule has 3 rings (SSSR count). The topological polar surface area (TPSA) is 21.7 Å². The Bertz CT molecular complexity index is 900. The number of hydrogen-bond donors (Lipinski definition) is 0. The summed E-state index contributed by atoms with van der Waals surface area (Å²) in [6, 6.07) is 25.6. The molecule has 0 aliphatic carbocycles. The van der Waals surface area contributed by atoms with Gasteiger partial charge in [-0.25, -0.2) is 0 Å². The first kappa shape index (κ1) is 23.4. The number of allylic oxidation sites excluding steroid dienone is 1. The first-order chi connectivity index (χ1) is 15.7. The minimum atomic E-state index is 0.591. The van der Waals surface area contributed by atoms with Crippen molar-refractivity contribution in [3.63, 3.8) is 0 Å². The van der Waals surface area contributed by atoms with Gasteiger partial charge in [0.05, 0.1) is 19.8 Å². The van der Waals surface area contributed by atoms with Crippen LogP contribution in [0.1, 0.15) is 24.0 Å². The minimum Gasteiger partial charge on any atom is -0.494 e. The van der Waals surface area contributed by atoms with Crippen LogP contribution < -0.4 is 9.64 Å². The van der Waals surface area contributed by atoms with Crippen molar-refractivity contribution in [2.24, 2.45) is 0 Å². The normalized spacial score (nSPS) is 10.5. The molecule has 0 N–H and O–H groups in total. The molecule has 0 fully saturated rings. The number of rotatable bonds is 13. The van der Waals surface area contributed by atoms with Crippen LogP contribution in [0.4, 0.5) is 17.1 Å². The third-order valence-electron chi connectivity index (χ3n) is 5.17. The van der Waals surface area contributed by atoms with Crippen LogP contribution in [0.2, 0.25) is 0 Å². The van der Waals surface area contributed by atoms with E-state index in [0.29, 0.717) is 19.8 Å². The van der Waals surface area contributed by atoms with Gasteiger partial charge in [0.15, 0.2) is 0 Å². The first-order valence-corrected chi connectivity index (χ1v) is 11.2. The molecule has 0 bridgehead atoms. The van der Waals surface area contributed by atoms with Crippen molar-refractivity contribution in [1.29, 1.82) is 0 Å². The lowest BCUT2D eigenvalue weighted by Crippen LogP contribution is -2.10. The third-order valence-corrected chi connectivity index (χ3v) is 5.17. The summed E-state index contributed by atoms with van der Waals surface area (Å²) >= 11 is 0. The fraction of sp³-hybridized carbons (Fsp3) is 0.241. The van der Waals surface area contributed by atoms with E-state index >= 15 is 0 Å². The summed E-state index contributed by atoms with van der Waals surface area (Å²) in [4.78, 5) is 2.26. The fourth-order valence-electron chi connectivity index (χ4n) is 3.42. The molecule has 0 unspecified atom stereocenters. The lowest BCUT2D eigenvalue weighted by molar-refractivity contribution is 0.166. The van der Waals surface area contributed by atoms with Gasteiger partial charge in [-0.1, -0.05) is 42.0 Å². The molecule has 0 amide bonds. The Hall–Kier alpha value is -3.30. The quantitative estimate of drug-likeness (QED) is 0.208. The van der Waals surface area contributed by atoms with Crippen LogP contribution >= 0.6 is 0 Å². The van der Waals surface area contributed by atoms with Crippen molar-refractivity contribution in [3.05, 3.63) is 109 Å². The Morgan fingerprint density at radius 1 is 0.750 bits per heavy atom. The van der Waals surface area contributed by atoms with Gasteiger partial charge in [0.1, 0.15) is 5.75 Å². The zero-order valence-electron chi connectivity index (χ0n) is 19.0. The Morgan fingerprint density at radius 3 is 1.94 bits per heavy atom. The maximum absolute atomic E-state index is 5.86. The number of nitrogens with zero attached hydrogens (tertiary/aromatic N) is 1. The molecule has 0 aliphatic rings. The van der Waals surface area contributed by atoms with Crippen LogP contribution in [-0.2, 0) is 11.2 Å². The molecule has 0 aliphatic heterocycles. The van der Waals surface area contributed by atoms with Crippen molar-refractivity contribution < 1.29 is 9.47 Å². The van der Waals surface area contributed by atoms with Gasteiger partial charge >= 0.3 is 0 Å². The molecule has 32 heavy (non-hydrogen) atoms. The van der Waals surface area contributed by atoms with E-state index in [0.717, 1.165) is 42.1 Å². The fourth-order valence-corrected chi connectivity index (χ4v) is 3.42. The highest BCUT2D eigenvalue weighted by molar-refractivity contribution is 5.76. The standard InChI is InChI=1S/C29H33NO2/c1-4-6-7-22-32-29-18-16-28(17-19-29)30(26-12-8-24(3)9-13-26)27-14-10-25(11-15-27)20-23-31-21-5-2/h4-5,8-19H,1-2,6-7,20-23H2,3H3. The van der Waals surface area contributed by atoms with Crippen molar-refractivity contribution in [2.45, 2.75) is 26.2 Å². The smallest absolute Gasteiger partial charge is 0.119 e. The van der Waals surface area contributed by atoms with Crippen LogP contribution in [0, 0.1) is 6.92 Å². The number of aryl methyl sites for hydroxylation is 1. The van der Waals surface area contributed by atoms with E-state index in [2.05, 4.69) is 85.6 Å². The molecule has 166 valence electrons. The zero-order valence-corrected chi connectivity index (χ0v) is 19.0. The Morgan fingerprint density at radius 2 is 1.34 bits per heavy atom. The Kier molecular flexibility index (Phi) is 9.15. The summed E-state index contributed by atoms with van der Waals surface area (Å²) in [7, 11) is 0. The molecule has 0 atom stereocenters. The Balaban J connectivity index is 1.79. The van der Waals surface area contributed by atoms with Crippen LogP contribution in [-0.4, -0.2) is 19.8 Å². The van der Waals surface area contributed by atoms with Gasteiger partial charge in [-0.05, 0) is 80.3 Å². The van der Waals surface area contributed by atoms with Gasteiger partial charge in [-0.3, -0.25) is 0 Å². The second-order valence-electron chi connectivity index (χ2n) is 7.72. The molecule has 0 radical (unpaired) electrons. The number of hydrogen-bond acceptors (Lipinski definition) is 3. The van der Waals surface area contributed by atoms with Crippen molar-refractivity contribution in [1.82, 2.24) is 0 Å². The highest BCUT2D eigenvalue weighted by atomic mass is 16.5. The van der Waals surface area contributed by atoms with E-state index in [1.807, 2.05) is 18.2 Å². The lowest BCUT2D eigenvalue weighted by atomic mass is 10.1. The number of unbranched alkanes of at least 4 members (excludes halogenated alkanes) is 1.